The van der Waals surface area contributed by atoms with Crippen molar-refractivity contribution < 1.29 is 9.32 Å². The molecule has 0 aliphatic rings. The van der Waals surface area contributed by atoms with E-state index in [0.29, 0.717) is 42.3 Å². The first-order valence-electron chi connectivity index (χ1n) is 9.96. The first-order chi connectivity index (χ1) is 15.0. The van der Waals surface area contributed by atoms with E-state index >= 15 is 0 Å². The van der Waals surface area contributed by atoms with Gasteiger partial charge in [-0.2, -0.15) is 4.98 Å². The molecule has 7 nitrogen and oxygen atoms in total. The second kappa shape index (κ2) is 9.14. The molecule has 158 valence electrons. The Morgan fingerprint density at radius 3 is 2.77 bits per heavy atom. The fraction of sp³-hybridized carbons (Fsp3) is 0.217. The lowest BCUT2D eigenvalue weighted by Crippen LogP contribution is -2.22. The summed E-state index contributed by atoms with van der Waals surface area (Å²) in [6, 6.07) is 14.9. The van der Waals surface area contributed by atoms with Crippen LogP contribution in [0.4, 0.5) is 0 Å². The number of fused-ring (bicyclic) bond motifs is 1. The van der Waals surface area contributed by atoms with Gasteiger partial charge in [0.1, 0.15) is 0 Å². The van der Waals surface area contributed by atoms with Gasteiger partial charge in [-0.25, -0.2) is 0 Å². The molecule has 2 aromatic carbocycles. The number of hydrogen-bond acceptors (Lipinski definition) is 5. The van der Waals surface area contributed by atoms with Gasteiger partial charge in [-0.3, -0.25) is 9.59 Å². The quantitative estimate of drug-likeness (QED) is 0.452. The van der Waals surface area contributed by atoms with Crippen LogP contribution in [0, 0.1) is 6.92 Å². The van der Waals surface area contributed by atoms with Gasteiger partial charge in [0.25, 0.3) is 5.56 Å². The summed E-state index contributed by atoms with van der Waals surface area (Å²) in [6.07, 6.45) is 1.34. The SMILES string of the molecule is Cc1ccc2[nH]c(=O)c(-c3noc(CCCC(=O)NCc4ccc(Cl)cc4)n3)cc2c1. The van der Waals surface area contributed by atoms with E-state index in [2.05, 4.69) is 20.4 Å². The maximum atomic E-state index is 12.4. The highest BCUT2D eigenvalue weighted by atomic mass is 35.5. The Kier molecular flexibility index (Phi) is 6.13. The molecule has 1 amide bonds. The van der Waals surface area contributed by atoms with Gasteiger partial charge in [0.2, 0.25) is 17.6 Å². The zero-order valence-electron chi connectivity index (χ0n) is 16.9. The van der Waals surface area contributed by atoms with Crippen LogP contribution in [0.15, 0.2) is 57.8 Å². The summed E-state index contributed by atoms with van der Waals surface area (Å²) in [5, 5.41) is 8.37. The highest BCUT2D eigenvalue weighted by Gasteiger charge is 2.14. The maximum Gasteiger partial charge on any atom is 0.259 e. The van der Waals surface area contributed by atoms with E-state index in [9.17, 15) is 9.59 Å². The molecule has 2 aromatic heterocycles. The molecule has 0 spiro atoms. The van der Waals surface area contributed by atoms with E-state index in [0.717, 1.165) is 22.0 Å². The highest BCUT2D eigenvalue weighted by molar-refractivity contribution is 6.30. The van der Waals surface area contributed by atoms with E-state index in [-0.39, 0.29) is 17.3 Å². The van der Waals surface area contributed by atoms with Gasteiger partial charge < -0.3 is 14.8 Å². The number of H-pyrrole nitrogens is 1. The summed E-state index contributed by atoms with van der Waals surface area (Å²) in [6.45, 7) is 2.44. The molecule has 31 heavy (non-hydrogen) atoms. The average Bonchev–Trinajstić information content (AvgIpc) is 3.22. The Labute approximate surface area is 183 Å². The molecule has 4 aromatic rings. The number of nitrogens with zero attached hydrogens (tertiary/aromatic N) is 2. The predicted molar refractivity (Wildman–Crippen MR) is 119 cm³/mol. The van der Waals surface area contributed by atoms with Gasteiger partial charge >= 0.3 is 0 Å². The number of hydrogen-bond donors (Lipinski definition) is 2. The van der Waals surface area contributed by atoms with Crippen LogP contribution < -0.4 is 10.9 Å². The van der Waals surface area contributed by atoms with Crippen molar-refractivity contribution in [2.75, 3.05) is 0 Å². The zero-order valence-corrected chi connectivity index (χ0v) is 17.7. The third-order valence-corrected chi connectivity index (χ3v) is 5.16. The molecule has 0 atom stereocenters. The largest absolute Gasteiger partial charge is 0.352 e. The number of rotatable bonds is 7. The summed E-state index contributed by atoms with van der Waals surface area (Å²) in [7, 11) is 0. The molecule has 0 bridgehead atoms. The van der Waals surface area contributed by atoms with Crippen LogP contribution in [0.3, 0.4) is 0 Å². The van der Waals surface area contributed by atoms with E-state index in [4.69, 9.17) is 16.1 Å². The predicted octanol–water partition coefficient (Wildman–Crippen LogP) is 4.18. The number of aromatic nitrogens is 3. The molecular formula is C23H21ClN4O3. The van der Waals surface area contributed by atoms with Gasteiger partial charge in [0.05, 0.1) is 5.56 Å². The van der Waals surface area contributed by atoms with Crippen LogP contribution in [0.25, 0.3) is 22.3 Å². The van der Waals surface area contributed by atoms with Crippen LogP contribution in [0.5, 0.6) is 0 Å². The third-order valence-electron chi connectivity index (χ3n) is 4.91. The topological polar surface area (TPSA) is 101 Å². The van der Waals surface area contributed by atoms with Crippen molar-refractivity contribution in [1.29, 1.82) is 0 Å². The molecule has 0 saturated heterocycles. The van der Waals surface area contributed by atoms with Crippen LogP contribution in [-0.2, 0) is 17.8 Å². The number of carbonyl (C=O) groups is 1. The lowest BCUT2D eigenvalue weighted by molar-refractivity contribution is -0.121. The van der Waals surface area contributed by atoms with Gasteiger partial charge in [-0.1, -0.05) is 40.5 Å². The number of aromatic amines is 1. The Balaban J connectivity index is 1.33. The fourth-order valence-corrected chi connectivity index (χ4v) is 3.38. The van der Waals surface area contributed by atoms with Crippen LogP contribution >= 0.6 is 11.6 Å². The molecule has 0 aliphatic heterocycles. The number of halogens is 1. The van der Waals surface area contributed by atoms with Crippen LogP contribution in [0.2, 0.25) is 5.02 Å². The molecule has 0 aliphatic carbocycles. The zero-order chi connectivity index (χ0) is 21.8. The van der Waals surface area contributed by atoms with Crippen molar-refractivity contribution in [1.82, 2.24) is 20.4 Å². The van der Waals surface area contributed by atoms with Crippen molar-refractivity contribution in [3.8, 4) is 11.4 Å². The van der Waals surface area contributed by atoms with Crippen LogP contribution in [-0.4, -0.2) is 21.0 Å². The van der Waals surface area contributed by atoms with Crippen molar-refractivity contribution in [2.45, 2.75) is 32.7 Å². The number of pyridine rings is 1. The highest BCUT2D eigenvalue weighted by Crippen LogP contribution is 2.19. The number of carbonyl (C=O) groups excluding carboxylic acids is 1. The molecule has 0 saturated carbocycles. The molecule has 0 fully saturated rings. The van der Waals surface area contributed by atoms with Gasteiger partial charge in [-0.05, 0) is 54.6 Å². The summed E-state index contributed by atoms with van der Waals surface area (Å²) in [4.78, 5) is 31.6. The Bertz CT molecular complexity index is 1280. The van der Waals surface area contributed by atoms with Gasteiger partial charge in [-0.15, -0.1) is 0 Å². The molecular weight excluding hydrogens is 416 g/mol. The second-order valence-electron chi connectivity index (χ2n) is 7.37. The summed E-state index contributed by atoms with van der Waals surface area (Å²) in [5.74, 6) is 0.576. The first-order valence-corrected chi connectivity index (χ1v) is 10.3. The summed E-state index contributed by atoms with van der Waals surface area (Å²) in [5.41, 5.74) is 2.91. The van der Waals surface area contributed by atoms with Crippen molar-refractivity contribution >= 4 is 28.4 Å². The Hall–Kier alpha value is -3.45. The normalized spacial score (nSPS) is 11.0. The number of aryl methyl sites for hydroxylation is 2. The number of benzene rings is 2. The van der Waals surface area contributed by atoms with Gasteiger partial charge in [0.15, 0.2) is 0 Å². The second-order valence-corrected chi connectivity index (χ2v) is 7.81. The van der Waals surface area contributed by atoms with E-state index in [1.807, 2.05) is 37.3 Å². The molecule has 4 rings (SSSR count). The van der Waals surface area contributed by atoms with E-state index in [1.165, 1.54) is 0 Å². The average molecular weight is 437 g/mol. The summed E-state index contributed by atoms with van der Waals surface area (Å²) >= 11 is 5.86. The van der Waals surface area contributed by atoms with E-state index in [1.54, 1.807) is 18.2 Å². The number of amides is 1. The lowest BCUT2D eigenvalue weighted by atomic mass is 10.1. The Morgan fingerprint density at radius 2 is 1.97 bits per heavy atom. The molecule has 0 unspecified atom stereocenters. The molecule has 2 heterocycles. The minimum atomic E-state index is -0.273. The molecule has 0 radical (unpaired) electrons. The van der Waals surface area contributed by atoms with Crippen molar-refractivity contribution in [2.24, 2.45) is 0 Å². The van der Waals surface area contributed by atoms with Gasteiger partial charge in [0, 0.05) is 29.9 Å². The third kappa shape index (κ3) is 5.19. The smallest absolute Gasteiger partial charge is 0.259 e. The monoisotopic (exact) mass is 436 g/mol. The van der Waals surface area contributed by atoms with Crippen molar-refractivity contribution in [3.05, 3.63) is 80.9 Å². The fourth-order valence-electron chi connectivity index (χ4n) is 3.25. The Morgan fingerprint density at radius 1 is 1.16 bits per heavy atom. The maximum absolute atomic E-state index is 12.4. The minimum absolute atomic E-state index is 0.0592. The standard InChI is InChI=1S/C23H21ClN4O3/c1-14-5-10-19-16(11-14)12-18(23(30)26-19)22-27-21(31-28-22)4-2-3-20(29)25-13-15-6-8-17(24)9-7-15/h5-12H,2-4,13H2,1H3,(H,25,29)(H,26,30). The number of nitrogens with one attached hydrogen (secondary N) is 2. The molecule has 8 heteroatoms. The first kappa shape index (κ1) is 20.8. The lowest BCUT2D eigenvalue weighted by Gasteiger charge is -2.04. The minimum Gasteiger partial charge on any atom is -0.352 e. The van der Waals surface area contributed by atoms with Crippen molar-refractivity contribution in [3.63, 3.8) is 0 Å². The van der Waals surface area contributed by atoms with E-state index < -0.39 is 0 Å². The molecule has 2 N–H and O–H groups in total. The summed E-state index contributed by atoms with van der Waals surface area (Å²) < 4.78 is 5.27. The van der Waals surface area contributed by atoms with Crippen LogP contribution in [0.1, 0.15) is 29.9 Å².